The average Bonchev–Trinajstić information content (AvgIpc) is 3.07. The third kappa shape index (κ3) is 2.63. The lowest BCUT2D eigenvalue weighted by molar-refractivity contribution is 0.0307. The van der Waals surface area contributed by atoms with Gasteiger partial charge in [0.2, 0.25) is 5.82 Å². The molecule has 0 saturated carbocycles. The van der Waals surface area contributed by atoms with E-state index in [-0.39, 0.29) is 12.2 Å². The molecule has 0 amide bonds. The Bertz CT molecular complexity index is 614. The SMILES string of the molecule is Cc1ccc(-c2noc(C3CCC(CN)O3)n2)c(Br)c1. The Morgan fingerprint density at radius 3 is 2.95 bits per heavy atom. The quantitative estimate of drug-likeness (QED) is 0.931. The van der Waals surface area contributed by atoms with Gasteiger partial charge in [-0.15, -0.1) is 0 Å². The van der Waals surface area contributed by atoms with E-state index in [1.807, 2.05) is 25.1 Å². The molecule has 2 heterocycles. The van der Waals surface area contributed by atoms with E-state index in [1.165, 1.54) is 5.56 Å². The first kappa shape index (κ1) is 13.7. The maximum absolute atomic E-state index is 5.76. The molecule has 20 heavy (non-hydrogen) atoms. The van der Waals surface area contributed by atoms with Gasteiger partial charge in [-0.1, -0.05) is 27.2 Å². The first-order valence-corrected chi connectivity index (χ1v) is 7.42. The normalized spacial score (nSPS) is 22.4. The summed E-state index contributed by atoms with van der Waals surface area (Å²) in [6, 6.07) is 6.03. The van der Waals surface area contributed by atoms with Crippen molar-refractivity contribution < 1.29 is 9.26 Å². The van der Waals surface area contributed by atoms with Gasteiger partial charge >= 0.3 is 0 Å². The van der Waals surface area contributed by atoms with Crippen LogP contribution in [0.3, 0.4) is 0 Å². The number of halogens is 1. The van der Waals surface area contributed by atoms with Crippen LogP contribution >= 0.6 is 15.9 Å². The van der Waals surface area contributed by atoms with Crippen molar-refractivity contribution in [1.82, 2.24) is 10.1 Å². The number of benzene rings is 1. The number of aryl methyl sites for hydroxylation is 1. The van der Waals surface area contributed by atoms with Crippen LogP contribution in [-0.2, 0) is 4.74 Å². The van der Waals surface area contributed by atoms with Gasteiger partial charge in [-0.3, -0.25) is 0 Å². The molecule has 2 aromatic rings. The second kappa shape index (κ2) is 5.63. The Balaban J connectivity index is 1.83. The topological polar surface area (TPSA) is 74.2 Å². The highest BCUT2D eigenvalue weighted by atomic mass is 79.9. The van der Waals surface area contributed by atoms with Gasteiger partial charge in [-0.25, -0.2) is 0 Å². The zero-order valence-electron chi connectivity index (χ0n) is 11.2. The first-order chi connectivity index (χ1) is 9.67. The van der Waals surface area contributed by atoms with Crippen LogP contribution in [0.5, 0.6) is 0 Å². The minimum absolute atomic E-state index is 0.0986. The van der Waals surface area contributed by atoms with Crippen LogP contribution in [0, 0.1) is 6.92 Å². The fraction of sp³-hybridized carbons (Fsp3) is 0.429. The molecule has 1 aliphatic rings. The van der Waals surface area contributed by atoms with E-state index in [1.54, 1.807) is 0 Å². The van der Waals surface area contributed by atoms with Crippen LogP contribution < -0.4 is 5.73 Å². The van der Waals surface area contributed by atoms with Crippen molar-refractivity contribution in [2.45, 2.75) is 32.0 Å². The highest BCUT2D eigenvalue weighted by molar-refractivity contribution is 9.10. The van der Waals surface area contributed by atoms with Gasteiger partial charge in [-0.05, 0) is 37.5 Å². The fourth-order valence-corrected chi connectivity index (χ4v) is 3.01. The first-order valence-electron chi connectivity index (χ1n) is 6.63. The zero-order chi connectivity index (χ0) is 14.1. The number of hydrogen-bond donors (Lipinski definition) is 1. The molecular weight excluding hydrogens is 322 g/mol. The van der Waals surface area contributed by atoms with E-state index in [9.17, 15) is 0 Å². The van der Waals surface area contributed by atoms with E-state index < -0.39 is 0 Å². The van der Waals surface area contributed by atoms with Crippen molar-refractivity contribution in [3.05, 3.63) is 34.1 Å². The number of nitrogens with zero attached hydrogens (tertiary/aromatic N) is 2. The van der Waals surface area contributed by atoms with Gasteiger partial charge in [0.05, 0.1) is 6.10 Å². The van der Waals surface area contributed by atoms with Gasteiger partial charge in [0, 0.05) is 16.6 Å². The lowest BCUT2D eigenvalue weighted by atomic mass is 10.1. The molecule has 2 unspecified atom stereocenters. The van der Waals surface area contributed by atoms with E-state index in [0.29, 0.717) is 18.3 Å². The minimum atomic E-state index is -0.131. The molecule has 1 saturated heterocycles. The number of hydrogen-bond acceptors (Lipinski definition) is 5. The summed E-state index contributed by atoms with van der Waals surface area (Å²) in [5.41, 5.74) is 7.70. The molecule has 0 spiro atoms. The second-order valence-electron chi connectivity index (χ2n) is 5.00. The molecule has 1 aromatic heterocycles. The summed E-state index contributed by atoms with van der Waals surface area (Å²) in [6.07, 6.45) is 1.78. The van der Waals surface area contributed by atoms with Crippen molar-refractivity contribution in [2.75, 3.05) is 6.54 Å². The number of aromatic nitrogens is 2. The monoisotopic (exact) mass is 337 g/mol. The smallest absolute Gasteiger partial charge is 0.256 e. The molecule has 6 heteroatoms. The van der Waals surface area contributed by atoms with Crippen molar-refractivity contribution >= 4 is 15.9 Å². The van der Waals surface area contributed by atoms with Crippen LogP contribution in [0.15, 0.2) is 27.2 Å². The second-order valence-corrected chi connectivity index (χ2v) is 5.85. The summed E-state index contributed by atoms with van der Waals surface area (Å²) in [7, 11) is 0. The third-order valence-electron chi connectivity index (χ3n) is 3.45. The third-order valence-corrected chi connectivity index (χ3v) is 4.11. The summed E-state index contributed by atoms with van der Waals surface area (Å²) in [4.78, 5) is 4.45. The van der Waals surface area contributed by atoms with Crippen molar-refractivity contribution in [3.63, 3.8) is 0 Å². The van der Waals surface area contributed by atoms with Crippen LogP contribution in [0.1, 0.15) is 30.4 Å². The average molecular weight is 338 g/mol. The molecule has 3 rings (SSSR count). The maximum Gasteiger partial charge on any atom is 0.256 e. The zero-order valence-corrected chi connectivity index (χ0v) is 12.8. The summed E-state index contributed by atoms with van der Waals surface area (Å²) in [6.45, 7) is 2.57. The molecule has 0 bridgehead atoms. The summed E-state index contributed by atoms with van der Waals surface area (Å²) in [5.74, 6) is 1.11. The summed E-state index contributed by atoms with van der Waals surface area (Å²) in [5, 5.41) is 4.05. The Kier molecular flexibility index (Phi) is 3.87. The number of rotatable bonds is 3. The maximum atomic E-state index is 5.76. The summed E-state index contributed by atoms with van der Waals surface area (Å²) >= 11 is 3.53. The van der Waals surface area contributed by atoms with Crippen molar-refractivity contribution in [1.29, 1.82) is 0 Å². The van der Waals surface area contributed by atoms with Crippen LogP contribution in [0.2, 0.25) is 0 Å². The lowest BCUT2D eigenvalue weighted by Gasteiger charge is -2.07. The van der Waals surface area contributed by atoms with Gasteiger partial charge < -0.3 is 15.0 Å². The molecule has 5 nitrogen and oxygen atoms in total. The predicted molar refractivity (Wildman–Crippen MR) is 78.1 cm³/mol. The largest absolute Gasteiger partial charge is 0.364 e. The van der Waals surface area contributed by atoms with E-state index in [2.05, 4.69) is 26.1 Å². The minimum Gasteiger partial charge on any atom is -0.364 e. The molecule has 2 atom stereocenters. The van der Waals surface area contributed by atoms with Crippen LogP contribution in [-0.4, -0.2) is 22.8 Å². The highest BCUT2D eigenvalue weighted by Gasteiger charge is 2.30. The predicted octanol–water partition coefficient (Wildman–Crippen LogP) is 2.99. The molecule has 106 valence electrons. The molecule has 0 radical (unpaired) electrons. The van der Waals surface area contributed by atoms with Gasteiger partial charge in [0.1, 0.15) is 6.10 Å². The fourth-order valence-electron chi connectivity index (χ4n) is 2.34. The highest BCUT2D eigenvalue weighted by Crippen LogP contribution is 2.33. The van der Waals surface area contributed by atoms with Gasteiger partial charge in [-0.2, -0.15) is 4.98 Å². The Morgan fingerprint density at radius 2 is 2.25 bits per heavy atom. The molecular formula is C14H16BrN3O2. The Morgan fingerprint density at radius 1 is 1.40 bits per heavy atom. The van der Waals surface area contributed by atoms with Gasteiger partial charge in [0.15, 0.2) is 0 Å². The van der Waals surface area contributed by atoms with Crippen molar-refractivity contribution in [2.24, 2.45) is 5.73 Å². The standard InChI is InChI=1S/C14H16BrN3O2/c1-8-2-4-10(11(15)6-8)13-17-14(20-18-13)12-5-3-9(7-16)19-12/h2,4,6,9,12H,3,5,7,16H2,1H3. The number of nitrogens with two attached hydrogens (primary N) is 1. The summed E-state index contributed by atoms with van der Waals surface area (Å²) < 4.78 is 12.1. The Hall–Kier alpha value is -1.24. The van der Waals surface area contributed by atoms with E-state index in [4.69, 9.17) is 15.0 Å². The van der Waals surface area contributed by atoms with Crippen LogP contribution in [0.25, 0.3) is 11.4 Å². The molecule has 1 aromatic carbocycles. The lowest BCUT2D eigenvalue weighted by Crippen LogP contribution is -2.18. The van der Waals surface area contributed by atoms with E-state index in [0.717, 1.165) is 22.9 Å². The van der Waals surface area contributed by atoms with Gasteiger partial charge in [0.25, 0.3) is 5.89 Å². The van der Waals surface area contributed by atoms with Crippen molar-refractivity contribution in [3.8, 4) is 11.4 Å². The Labute approximate surface area is 125 Å². The van der Waals surface area contributed by atoms with E-state index >= 15 is 0 Å². The molecule has 1 aliphatic heterocycles. The molecule has 2 N–H and O–H groups in total. The number of ether oxygens (including phenoxy) is 1. The molecule has 0 aliphatic carbocycles. The molecule has 1 fully saturated rings. The van der Waals surface area contributed by atoms with Crippen LogP contribution in [0.4, 0.5) is 0 Å².